The molecule has 2 aromatic rings. The second-order valence-electron chi connectivity index (χ2n) is 4.98. The summed E-state index contributed by atoms with van der Waals surface area (Å²) in [5, 5.41) is 0.873. The van der Waals surface area contributed by atoms with Crippen molar-refractivity contribution in [2.75, 3.05) is 6.26 Å². The number of aromatic nitrogens is 2. The van der Waals surface area contributed by atoms with E-state index in [-0.39, 0.29) is 5.60 Å². The van der Waals surface area contributed by atoms with Crippen LogP contribution in [0.3, 0.4) is 0 Å². The van der Waals surface area contributed by atoms with E-state index in [1.165, 1.54) is 10.4 Å². The number of nitrogens with zero attached hydrogens (tertiary/aromatic N) is 1. The van der Waals surface area contributed by atoms with E-state index in [4.69, 9.17) is 17.0 Å². The fraction of sp³-hybridized carbons (Fsp3) is 0.500. The Labute approximate surface area is 119 Å². The van der Waals surface area contributed by atoms with Gasteiger partial charge in [0.15, 0.2) is 5.16 Å². The molecule has 3 heterocycles. The first-order chi connectivity index (χ1) is 8.50. The highest BCUT2D eigenvalue weighted by atomic mass is 32.2. The van der Waals surface area contributed by atoms with Gasteiger partial charge in [-0.05, 0) is 20.1 Å². The summed E-state index contributed by atoms with van der Waals surface area (Å²) in [7, 11) is 0. The number of nitrogens with one attached hydrogen (secondary N) is 1. The van der Waals surface area contributed by atoms with Gasteiger partial charge >= 0.3 is 0 Å². The van der Waals surface area contributed by atoms with Crippen molar-refractivity contribution in [2.24, 2.45) is 0 Å². The first-order valence-corrected chi connectivity index (χ1v) is 8.17. The van der Waals surface area contributed by atoms with Crippen molar-refractivity contribution in [1.29, 1.82) is 0 Å². The molecule has 0 saturated carbocycles. The van der Waals surface area contributed by atoms with E-state index in [0.717, 1.165) is 21.8 Å². The van der Waals surface area contributed by atoms with Crippen molar-refractivity contribution in [3.63, 3.8) is 0 Å². The van der Waals surface area contributed by atoms with Crippen molar-refractivity contribution in [2.45, 2.75) is 37.6 Å². The van der Waals surface area contributed by atoms with Crippen LogP contribution in [0.1, 0.15) is 24.3 Å². The van der Waals surface area contributed by atoms with Gasteiger partial charge in [-0.1, -0.05) is 24.0 Å². The van der Waals surface area contributed by atoms with Crippen LogP contribution >= 0.6 is 35.3 Å². The topological polar surface area (TPSA) is 37.9 Å². The average Bonchev–Trinajstić information content (AvgIpc) is 2.65. The number of ether oxygens (including phenoxy) is 1. The Bertz CT molecular complexity index is 672. The Balaban J connectivity index is 2.25. The Hall–Kier alpha value is -0.430. The minimum Gasteiger partial charge on any atom is -0.370 e. The quantitative estimate of drug-likeness (QED) is 0.492. The van der Waals surface area contributed by atoms with Crippen LogP contribution in [-0.2, 0) is 17.8 Å². The molecule has 0 spiro atoms. The normalized spacial score (nSPS) is 17.9. The van der Waals surface area contributed by atoms with E-state index in [0.29, 0.717) is 11.2 Å². The summed E-state index contributed by atoms with van der Waals surface area (Å²) >= 11 is 8.72. The highest BCUT2D eigenvalue weighted by Gasteiger charge is 2.29. The molecule has 18 heavy (non-hydrogen) atoms. The van der Waals surface area contributed by atoms with Crippen molar-refractivity contribution in [3.05, 3.63) is 15.1 Å². The molecular formula is C12H14N2OS3. The number of hydrogen-bond donors (Lipinski definition) is 1. The molecule has 3 rings (SSSR count). The summed E-state index contributed by atoms with van der Waals surface area (Å²) in [5.41, 5.74) is 2.30. The molecule has 0 saturated heterocycles. The van der Waals surface area contributed by atoms with E-state index in [9.17, 15) is 0 Å². The van der Waals surface area contributed by atoms with Gasteiger partial charge in [0.25, 0.3) is 0 Å². The molecule has 0 amide bonds. The fourth-order valence-electron chi connectivity index (χ4n) is 2.17. The zero-order valence-corrected chi connectivity index (χ0v) is 12.9. The van der Waals surface area contributed by atoms with E-state index in [1.807, 2.05) is 6.26 Å². The van der Waals surface area contributed by atoms with Gasteiger partial charge in [0.05, 0.1) is 22.4 Å². The third kappa shape index (κ3) is 2.01. The van der Waals surface area contributed by atoms with E-state index >= 15 is 0 Å². The average molecular weight is 298 g/mol. The third-order valence-electron chi connectivity index (χ3n) is 3.11. The number of thioether (sulfide) groups is 1. The minimum absolute atomic E-state index is 0.0781. The van der Waals surface area contributed by atoms with E-state index in [2.05, 4.69) is 23.8 Å². The number of thiophene rings is 1. The third-order valence-corrected chi connectivity index (χ3v) is 5.35. The lowest BCUT2D eigenvalue weighted by molar-refractivity contribution is -0.0383. The van der Waals surface area contributed by atoms with Crippen molar-refractivity contribution in [1.82, 2.24) is 9.97 Å². The van der Waals surface area contributed by atoms with Crippen LogP contribution in [0.2, 0.25) is 0 Å². The van der Waals surface area contributed by atoms with Gasteiger partial charge in [-0.3, -0.25) is 0 Å². The molecule has 2 aromatic heterocycles. The summed E-state index contributed by atoms with van der Waals surface area (Å²) in [4.78, 5) is 9.14. The Morgan fingerprint density at radius 2 is 2.28 bits per heavy atom. The standard InChI is InChI=1S/C12H14N2OS3/c1-12(2)4-7-6(5-15-12)8-9(18-7)10(16)14-11(13-8)17-3/h4-5H2,1-3H3,(H,13,14,16). The molecule has 0 unspecified atom stereocenters. The van der Waals surface area contributed by atoms with Gasteiger partial charge in [-0.25, -0.2) is 4.98 Å². The SMILES string of the molecule is CSc1nc(=S)c2sc3c(c2[nH]1)COC(C)(C)C3. The lowest BCUT2D eigenvalue weighted by Crippen LogP contribution is -2.30. The summed E-state index contributed by atoms with van der Waals surface area (Å²) in [6.07, 6.45) is 2.94. The Morgan fingerprint density at radius 1 is 1.50 bits per heavy atom. The van der Waals surface area contributed by atoms with Crippen LogP contribution in [0.15, 0.2) is 5.16 Å². The minimum atomic E-state index is -0.0781. The number of fused-ring (bicyclic) bond motifs is 3. The van der Waals surface area contributed by atoms with Gasteiger partial charge < -0.3 is 9.72 Å². The van der Waals surface area contributed by atoms with Crippen LogP contribution in [0, 0.1) is 4.64 Å². The van der Waals surface area contributed by atoms with Crippen LogP contribution in [-0.4, -0.2) is 21.8 Å². The van der Waals surface area contributed by atoms with Crippen molar-refractivity contribution >= 4 is 45.5 Å². The molecule has 0 radical (unpaired) electrons. The first kappa shape index (κ1) is 12.6. The highest BCUT2D eigenvalue weighted by Crippen LogP contribution is 2.38. The molecule has 1 aliphatic rings. The second-order valence-corrected chi connectivity index (χ2v) is 7.27. The van der Waals surface area contributed by atoms with Crippen molar-refractivity contribution < 1.29 is 4.74 Å². The van der Waals surface area contributed by atoms with Crippen LogP contribution in [0.5, 0.6) is 0 Å². The maximum atomic E-state index is 5.90. The van der Waals surface area contributed by atoms with Gasteiger partial charge in [-0.2, -0.15) is 0 Å². The fourth-order valence-corrected chi connectivity index (χ4v) is 4.29. The summed E-state index contributed by atoms with van der Waals surface area (Å²) < 4.78 is 7.69. The van der Waals surface area contributed by atoms with Gasteiger partial charge in [0.2, 0.25) is 0 Å². The molecule has 0 atom stereocenters. The molecule has 3 nitrogen and oxygen atoms in total. The van der Waals surface area contributed by atoms with Crippen LogP contribution in [0.4, 0.5) is 0 Å². The molecule has 6 heteroatoms. The predicted molar refractivity (Wildman–Crippen MR) is 79.2 cm³/mol. The van der Waals surface area contributed by atoms with E-state index < -0.39 is 0 Å². The van der Waals surface area contributed by atoms with E-state index in [1.54, 1.807) is 23.1 Å². The number of rotatable bonds is 1. The summed E-state index contributed by atoms with van der Waals surface area (Å²) in [6, 6.07) is 0. The van der Waals surface area contributed by atoms with Crippen LogP contribution < -0.4 is 0 Å². The maximum Gasteiger partial charge on any atom is 0.167 e. The predicted octanol–water partition coefficient (Wildman–Crippen LogP) is 3.93. The molecule has 0 fully saturated rings. The number of aromatic amines is 1. The largest absolute Gasteiger partial charge is 0.370 e. The Morgan fingerprint density at radius 3 is 3.00 bits per heavy atom. The molecule has 1 aliphatic heterocycles. The lowest BCUT2D eigenvalue weighted by Gasteiger charge is -2.29. The van der Waals surface area contributed by atoms with Gasteiger partial charge in [0.1, 0.15) is 4.64 Å². The summed E-state index contributed by atoms with van der Waals surface area (Å²) in [6.45, 7) is 4.92. The Kier molecular flexibility index (Phi) is 3.01. The van der Waals surface area contributed by atoms with Crippen molar-refractivity contribution in [3.8, 4) is 0 Å². The number of hydrogen-bond acceptors (Lipinski definition) is 5. The molecule has 1 N–H and O–H groups in total. The monoisotopic (exact) mass is 298 g/mol. The van der Waals surface area contributed by atoms with Gasteiger partial charge in [0, 0.05) is 16.9 Å². The second kappa shape index (κ2) is 4.30. The lowest BCUT2D eigenvalue weighted by atomic mass is 9.98. The zero-order valence-electron chi connectivity index (χ0n) is 10.5. The molecule has 0 aromatic carbocycles. The molecular weight excluding hydrogens is 284 g/mol. The highest BCUT2D eigenvalue weighted by molar-refractivity contribution is 7.98. The maximum absolute atomic E-state index is 5.90. The first-order valence-electron chi connectivity index (χ1n) is 5.73. The molecule has 0 bridgehead atoms. The zero-order chi connectivity index (χ0) is 12.9. The molecule has 0 aliphatic carbocycles. The van der Waals surface area contributed by atoms with Crippen LogP contribution in [0.25, 0.3) is 10.2 Å². The smallest absolute Gasteiger partial charge is 0.167 e. The summed E-state index contributed by atoms with van der Waals surface area (Å²) in [5.74, 6) is 0. The number of H-pyrrole nitrogens is 1. The van der Waals surface area contributed by atoms with Gasteiger partial charge in [-0.15, -0.1) is 11.3 Å². The molecule has 96 valence electrons.